The Kier molecular flexibility index (Phi) is 6.53. The van der Waals surface area contributed by atoms with Crippen LogP contribution in [-0.4, -0.2) is 31.1 Å². The van der Waals surface area contributed by atoms with E-state index in [-0.39, 0.29) is 12.5 Å². The van der Waals surface area contributed by atoms with Crippen molar-refractivity contribution in [2.24, 2.45) is 0 Å². The molecule has 1 aliphatic heterocycles. The highest BCUT2D eigenvalue weighted by atomic mass is 32.2. The molecule has 1 amide bonds. The van der Waals surface area contributed by atoms with Gasteiger partial charge in [0.05, 0.1) is 11.7 Å². The number of nitrogens with one attached hydrogen (secondary N) is 1. The topological polar surface area (TPSA) is 47.6 Å². The highest BCUT2D eigenvalue weighted by molar-refractivity contribution is 8.19. The summed E-state index contributed by atoms with van der Waals surface area (Å²) >= 11 is 3.95. The number of benzene rings is 2. The number of methoxy groups -OCH3 is 1. The number of amides is 1. The van der Waals surface area contributed by atoms with Gasteiger partial charge < -0.3 is 14.8 Å². The number of rotatable bonds is 7. The molecule has 25 heavy (non-hydrogen) atoms. The summed E-state index contributed by atoms with van der Waals surface area (Å²) < 4.78 is 11.4. The predicted octanol–water partition coefficient (Wildman–Crippen LogP) is 3.87. The molecule has 1 N–H and O–H groups in total. The van der Waals surface area contributed by atoms with Crippen LogP contribution in [0.15, 0.2) is 48.5 Å². The Morgan fingerprint density at radius 2 is 1.84 bits per heavy atom. The molecule has 0 aliphatic carbocycles. The van der Waals surface area contributed by atoms with Gasteiger partial charge >= 0.3 is 0 Å². The first-order valence-corrected chi connectivity index (χ1v) is 10.2. The van der Waals surface area contributed by atoms with Gasteiger partial charge in [0.1, 0.15) is 11.5 Å². The van der Waals surface area contributed by atoms with E-state index >= 15 is 0 Å². The van der Waals surface area contributed by atoms with Crippen LogP contribution in [-0.2, 0) is 11.3 Å². The molecule has 1 heterocycles. The Bertz CT molecular complexity index is 700. The molecule has 3 rings (SSSR count). The van der Waals surface area contributed by atoms with Crippen LogP contribution in [0, 0.1) is 0 Å². The van der Waals surface area contributed by atoms with Gasteiger partial charge in [-0.15, -0.1) is 23.5 Å². The lowest BCUT2D eigenvalue weighted by Gasteiger charge is -2.11. The van der Waals surface area contributed by atoms with Gasteiger partial charge in [0, 0.05) is 23.6 Å². The van der Waals surface area contributed by atoms with Gasteiger partial charge in [-0.05, 0) is 23.8 Å². The van der Waals surface area contributed by atoms with E-state index in [4.69, 9.17) is 9.47 Å². The Morgan fingerprint density at radius 3 is 2.56 bits per heavy atom. The van der Waals surface area contributed by atoms with Crippen LogP contribution in [0.4, 0.5) is 0 Å². The van der Waals surface area contributed by atoms with E-state index in [0.717, 1.165) is 11.3 Å². The molecule has 0 spiro atoms. The van der Waals surface area contributed by atoms with Gasteiger partial charge in [-0.25, -0.2) is 0 Å². The van der Waals surface area contributed by atoms with Crippen molar-refractivity contribution in [1.82, 2.24) is 5.32 Å². The number of carbonyl (C=O) groups is 1. The van der Waals surface area contributed by atoms with Crippen molar-refractivity contribution in [2.75, 3.05) is 25.2 Å². The molecule has 1 aliphatic rings. The van der Waals surface area contributed by atoms with Gasteiger partial charge in [-0.2, -0.15) is 0 Å². The predicted molar refractivity (Wildman–Crippen MR) is 104 cm³/mol. The van der Waals surface area contributed by atoms with Crippen molar-refractivity contribution < 1.29 is 14.3 Å². The Balaban J connectivity index is 1.45. The van der Waals surface area contributed by atoms with Crippen LogP contribution in [0.3, 0.4) is 0 Å². The van der Waals surface area contributed by atoms with E-state index in [1.165, 1.54) is 17.1 Å². The third-order valence-electron chi connectivity index (χ3n) is 3.81. The lowest BCUT2D eigenvalue weighted by Crippen LogP contribution is -2.28. The number of hydrogen-bond donors (Lipinski definition) is 1. The van der Waals surface area contributed by atoms with Crippen LogP contribution < -0.4 is 14.8 Å². The van der Waals surface area contributed by atoms with Crippen molar-refractivity contribution in [3.05, 3.63) is 59.7 Å². The molecular weight excluding hydrogens is 354 g/mol. The van der Waals surface area contributed by atoms with E-state index in [0.29, 0.717) is 16.9 Å². The van der Waals surface area contributed by atoms with Crippen LogP contribution in [0.2, 0.25) is 0 Å². The molecule has 1 fully saturated rings. The zero-order valence-electron chi connectivity index (χ0n) is 14.1. The molecule has 0 bridgehead atoms. The second kappa shape index (κ2) is 9.06. The van der Waals surface area contributed by atoms with E-state index in [1.54, 1.807) is 7.11 Å². The van der Waals surface area contributed by atoms with Crippen molar-refractivity contribution in [2.45, 2.75) is 11.1 Å². The normalized spacial score (nSPS) is 14.3. The second-order valence-corrected chi connectivity index (χ2v) is 8.24. The Hall–Kier alpha value is -1.79. The summed E-state index contributed by atoms with van der Waals surface area (Å²) in [5.41, 5.74) is 2.25. The van der Waals surface area contributed by atoms with Gasteiger partial charge in [-0.1, -0.05) is 30.3 Å². The minimum Gasteiger partial charge on any atom is -0.496 e. The zero-order chi connectivity index (χ0) is 17.5. The maximum Gasteiger partial charge on any atom is 0.258 e. The highest BCUT2D eigenvalue weighted by Crippen LogP contribution is 2.45. The first-order valence-electron chi connectivity index (χ1n) is 8.11. The standard InChI is InChI=1S/C19H21NO3S2/c1-22-17-5-3-2-4-15(17)12-20-18(21)13-23-16-8-6-14(7-9-16)19-24-10-11-25-19/h2-9,19H,10-13H2,1H3,(H,20,21). The molecule has 4 nitrogen and oxygen atoms in total. The van der Waals surface area contributed by atoms with E-state index in [1.807, 2.05) is 59.9 Å². The summed E-state index contributed by atoms with van der Waals surface area (Å²) in [5.74, 6) is 3.74. The SMILES string of the molecule is COc1ccccc1CNC(=O)COc1ccc(C2SCCS2)cc1. The first-order chi connectivity index (χ1) is 12.3. The smallest absolute Gasteiger partial charge is 0.258 e. The lowest BCUT2D eigenvalue weighted by molar-refractivity contribution is -0.123. The number of ether oxygens (including phenoxy) is 2. The minimum atomic E-state index is -0.156. The molecule has 0 aromatic heterocycles. The largest absolute Gasteiger partial charge is 0.496 e. The number of thioether (sulfide) groups is 2. The Labute approximate surface area is 156 Å². The van der Waals surface area contributed by atoms with Crippen molar-refractivity contribution >= 4 is 29.4 Å². The molecule has 0 radical (unpaired) electrons. The van der Waals surface area contributed by atoms with E-state index in [9.17, 15) is 4.79 Å². The summed E-state index contributed by atoms with van der Waals surface area (Å²) in [5, 5.41) is 2.85. The molecule has 6 heteroatoms. The van der Waals surface area contributed by atoms with E-state index in [2.05, 4.69) is 17.4 Å². The van der Waals surface area contributed by atoms with Crippen molar-refractivity contribution in [3.8, 4) is 11.5 Å². The van der Waals surface area contributed by atoms with E-state index < -0.39 is 0 Å². The van der Waals surface area contributed by atoms with Crippen molar-refractivity contribution in [1.29, 1.82) is 0 Å². The lowest BCUT2D eigenvalue weighted by atomic mass is 10.2. The fourth-order valence-corrected chi connectivity index (χ4v) is 5.37. The third-order valence-corrected chi connectivity index (χ3v) is 6.92. The monoisotopic (exact) mass is 375 g/mol. The molecule has 2 aromatic carbocycles. The summed E-state index contributed by atoms with van der Waals surface area (Å²) in [4.78, 5) is 12.0. The summed E-state index contributed by atoms with van der Waals surface area (Å²) in [6.07, 6.45) is 0. The molecule has 132 valence electrons. The van der Waals surface area contributed by atoms with Crippen LogP contribution in [0.25, 0.3) is 0 Å². The van der Waals surface area contributed by atoms with Gasteiger partial charge in [0.25, 0.3) is 5.91 Å². The number of carbonyl (C=O) groups excluding carboxylic acids is 1. The van der Waals surface area contributed by atoms with Gasteiger partial charge in [0.2, 0.25) is 0 Å². The fraction of sp³-hybridized carbons (Fsp3) is 0.316. The highest BCUT2D eigenvalue weighted by Gasteiger charge is 2.18. The van der Waals surface area contributed by atoms with Gasteiger partial charge in [0.15, 0.2) is 6.61 Å². The molecule has 2 aromatic rings. The second-order valence-electron chi connectivity index (χ2n) is 5.52. The van der Waals surface area contributed by atoms with Crippen LogP contribution >= 0.6 is 23.5 Å². The summed E-state index contributed by atoms with van der Waals surface area (Å²) in [6.45, 7) is 0.419. The molecular formula is C19H21NO3S2. The third kappa shape index (κ3) is 5.09. The average molecular weight is 376 g/mol. The van der Waals surface area contributed by atoms with Crippen LogP contribution in [0.1, 0.15) is 15.7 Å². The number of hydrogen-bond acceptors (Lipinski definition) is 5. The molecule has 0 unspecified atom stereocenters. The first kappa shape index (κ1) is 18.0. The Morgan fingerprint density at radius 1 is 1.12 bits per heavy atom. The molecule has 0 atom stereocenters. The average Bonchev–Trinajstić information content (AvgIpc) is 3.20. The van der Waals surface area contributed by atoms with Crippen LogP contribution in [0.5, 0.6) is 11.5 Å². The fourth-order valence-electron chi connectivity index (χ4n) is 2.51. The van der Waals surface area contributed by atoms with Gasteiger partial charge in [-0.3, -0.25) is 4.79 Å². The summed E-state index contributed by atoms with van der Waals surface area (Å²) in [6, 6.07) is 15.7. The zero-order valence-corrected chi connectivity index (χ0v) is 15.7. The maximum atomic E-state index is 12.0. The minimum absolute atomic E-state index is 0.00141. The molecule has 1 saturated heterocycles. The quantitative estimate of drug-likeness (QED) is 0.796. The number of para-hydroxylation sites is 1. The molecule has 0 saturated carbocycles. The summed E-state index contributed by atoms with van der Waals surface area (Å²) in [7, 11) is 1.62. The van der Waals surface area contributed by atoms with Crippen molar-refractivity contribution in [3.63, 3.8) is 0 Å². The maximum absolute atomic E-state index is 12.0.